The van der Waals surface area contributed by atoms with Gasteiger partial charge in [-0.15, -0.1) is 0 Å². The maximum Gasteiger partial charge on any atom is 0.152 e. The Balaban J connectivity index is 2.70. The molecule has 5 heteroatoms. The zero-order chi connectivity index (χ0) is 10.8. The van der Waals surface area contributed by atoms with E-state index < -0.39 is 9.84 Å². The summed E-state index contributed by atoms with van der Waals surface area (Å²) in [6, 6.07) is 0.326. The van der Waals surface area contributed by atoms with E-state index in [1.165, 1.54) is 0 Å². The molecule has 3 N–H and O–H groups in total. The molecule has 1 aliphatic heterocycles. The van der Waals surface area contributed by atoms with E-state index in [-0.39, 0.29) is 17.0 Å². The summed E-state index contributed by atoms with van der Waals surface area (Å²) in [6.45, 7) is 4.53. The third kappa shape index (κ3) is 2.68. The van der Waals surface area contributed by atoms with Crippen molar-refractivity contribution in [1.29, 1.82) is 0 Å². The Labute approximate surface area is 86.2 Å². The highest BCUT2D eigenvalue weighted by molar-refractivity contribution is 7.91. The molecular formula is C9H20N2O2S. The van der Waals surface area contributed by atoms with E-state index >= 15 is 0 Å². The van der Waals surface area contributed by atoms with Crippen molar-refractivity contribution in [3.63, 3.8) is 0 Å². The fourth-order valence-electron chi connectivity index (χ4n) is 1.87. The number of nitrogens with one attached hydrogen (secondary N) is 1. The molecule has 0 saturated carbocycles. The third-order valence-electron chi connectivity index (χ3n) is 2.94. The first-order valence-corrected chi connectivity index (χ1v) is 6.93. The van der Waals surface area contributed by atoms with Gasteiger partial charge in [0.2, 0.25) is 0 Å². The van der Waals surface area contributed by atoms with Crippen LogP contribution in [0, 0.1) is 0 Å². The number of hydrogen-bond donors (Lipinski definition) is 2. The zero-order valence-corrected chi connectivity index (χ0v) is 9.73. The van der Waals surface area contributed by atoms with E-state index in [1.807, 2.05) is 0 Å². The van der Waals surface area contributed by atoms with Crippen molar-refractivity contribution in [1.82, 2.24) is 5.32 Å². The number of nitrogens with two attached hydrogens (primary N) is 1. The monoisotopic (exact) mass is 220 g/mol. The molecule has 0 spiro atoms. The van der Waals surface area contributed by atoms with Gasteiger partial charge in [0.15, 0.2) is 9.84 Å². The van der Waals surface area contributed by atoms with Crippen molar-refractivity contribution in [3.8, 4) is 0 Å². The molecule has 0 amide bonds. The van der Waals surface area contributed by atoms with E-state index in [0.717, 1.165) is 6.42 Å². The van der Waals surface area contributed by atoms with Gasteiger partial charge in [0.05, 0.1) is 11.5 Å². The summed E-state index contributed by atoms with van der Waals surface area (Å²) in [7, 11) is -2.86. The van der Waals surface area contributed by atoms with Crippen LogP contribution in [0.1, 0.15) is 26.7 Å². The molecule has 1 saturated heterocycles. The first-order valence-electron chi connectivity index (χ1n) is 5.11. The Bertz CT molecular complexity index is 289. The molecule has 0 aromatic rings. The maximum atomic E-state index is 11.4. The van der Waals surface area contributed by atoms with Gasteiger partial charge in [-0.1, -0.05) is 6.92 Å². The molecule has 2 atom stereocenters. The van der Waals surface area contributed by atoms with Crippen molar-refractivity contribution < 1.29 is 8.42 Å². The minimum atomic E-state index is -2.86. The molecule has 0 radical (unpaired) electrons. The van der Waals surface area contributed by atoms with Crippen LogP contribution in [0.15, 0.2) is 0 Å². The maximum absolute atomic E-state index is 11.4. The SMILES string of the molecule is CCC(C)NC1(CN)CCS(=O)(=O)C1. The van der Waals surface area contributed by atoms with Crippen LogP contribution in [0.25, 0.3) is 0 Å². The largest absolute Gasteiger partial charge is 0.329 e. The van der Waals surface area contributed by atoms with Gasteiger partial charge in [-0.3, -0.25) is 0 Å². The van der Waals surface area contributed by atoms with Gasteiger partial charge in [0.25, 0.3) is 0 Å². The average Bonchev–Trinajstić information content (AvgIpc) is 2.42. The van der Waals surface area contributed by atoms with Gasteiger partial charge < -0.3 is 11.1 Å². The summed E-state index contributed by atoms with van der Waals surface area (Å²) in [5, 5.41) is 3.34. The van der Waals surface area contributed by atoms with Gasteiger partial charge in [0, 0.05) is 18.1 Å². The van der Waals surface area contributed by atoms with Crippen molar-refractivity contribution in [3.05, 3.63) is 0 Å². The Morgan fingerprint density at radius 1 is 1.57 bits per heavy atom. The van der Waals surface area contributed by atoms with Crippen molar-refractivity contribution in [2.24, 2.45) is 5.73 Å². The second-order valence-electron chi connectivity index (χ2n) is 4.28. The van der Waals surface area contributed by atoms with E-state index in [1.54, 1.807) is 0 Å². The smallest absolute Gasteiger partial charge is 0.152 e. The Kier molecular flexibility index (Phi) is 3.55. The van der Waals surface area contributed by atoms with Gasteiger partial charge in [-0.05, 0) is 19.8 Å². The van der Waals surface area contributed by atoms with E-state index in [9.17, 15) is 8.42 Å². The normalized spacial score (nSPS) is 33.1. The van der Waals surface area contributed by atoms with Crippen molar-refractivity contribution >= 4 is 9.84 Å². The number of sulfone groups is 1. The summed E-state index contributed by atoms with van der Waals surface area (Å²) in [5.41, 5.74) is 5.30. The van der Waals surface area contributed by atoms with Gasteiger partial charge in [0.1, 0.15) is 0 Å². The number of hydrogen-bond acceptors (Lipinski definition) is 4. The Morgan fingerprint density at radius 2 is 2.21 bits per heavy atom. The zero-order valence-electron chi connectivity index (χ0n) is 8.91. The molecule has 1 fully saturated rings. The summed E-state index contributed by atoms with van der Waals surface area (Å²) in [6.07, 6.45) is 1.64. The minimum Gasteiger partial charge on any atom is -0.329 e. The minimum absolute atomic E-state index is 0.195. The average molecular weight is 220 g/mol. The lowest BCUT2D eigenvalue weighted by atomic mass is 9.97. The van der Waals surface area contributed by atoms with Crippen LogP contribution in [-0.4, -0.2) is 38.0 Å². The van der Waals surface area contributed by atoms with Gasteiger partial charge >= 0.3 is 0 Å². The summed E-state index contributed by atoms with van der Waals surface area (Å²) in [4.78, 5) is 0. The molecule has 0 aromatic heterocycles. The molecule has 1 rings (SSSR count). The second kappa shape index (κ2) is 4.16. The molecule has 1 heterocycles. The Hall–Kier alpha value is -0.130. The van der Waals surface area contributed by atoms with Crippen LogP contribution in [0.4, 0.5) is 0 Å². The standard InChI is InChI=1S/C9H20N2O2S/c1-3-8(2)11-9(6-10)4-5-14(12,13)7-9/h8,11H,3-7,10H2,1-2H3. The Morgan fingerprint density at radius 3 is 2.57 bits per heavy atom. The van der Waals surface area contributed by atoms with Crippen LogP contribution < -0.4 is 11.1 Å². The molecule has 0 aromatic carbocycles. The van der Waals surface area contributed by atoms with Crippen LogP contribution in [0.3, 0.4) is 0 Å². The van der Waals surface area contributed by atoms with Crippen LogP contribution >= 0.6 is 0 Å². The van der Waals surface area contributed by atoms with Crippen LogP contribution in [0.2, 0.25) is 0 Å². The molecule has 2 unspecified atom stereocenters. The van der Waals surface area contributed by atoms with E-state index in [0.29, 0.717) is 19.0 Å². The molecule has 0 bridgehead atoms. The molecule has 0 aliphatic carbocycles. The lowest BCUT2D eigenvalue weighted by Gasteiger charge is -2.30. The first-order chi connectivity index (χ1) is 6.43. The van der Waals surface area contributed by atoms with Crippen LogP contribution in [0.5, 0.6) is 0 Å². The lowest BCUT2D eigenvalue weighted by molar-refractivity contribution is 0.327. The third-order valence-corrected chi connectivity index (χ3v) is 4.76. The first kappa shape index (κ1) is 11.9. The predicted molar refractivity (Wildman–Crippen MR) is 57.9 cm³/mol. The highest BCUT2D eigenvalue weighted by atomic mass is 32.2. The quantitative estimate of drug-likeness (QED) is 0.693. The fraction of sp³-hybridized carbons (Fsp3) is 1.00. The highest BCUT2D eigenvalue weighted by Gasteiger charge is 2.41. The summed E-state index contributed by atoms with van der Waals surface area (Å²) >= 11 is 0. The molecule has 1 aliphatic rings. The van der Waals surface area contributed by atoms with Crippen molar-refractivity contribution in [2.75, 3.05) is 18.1 Å². The predicted octanol–water partition coefficient (Wildman–Crippen LogP) is -0.109. The summed E-state index contributed by atoms with van der Waals surface area (Å²) in [5.74, 6) is 0.467. The molecular weight excluding hydrogens is 200 g/mol. The summed E-state index contributed by atoms with van der Waals surface area (Å²) < 4.78 is 22.8. The highest BCUT2D eigenvalue weighted by Crippen LogP contribution is 2.23. The van der Waals surface area contributed by atoms with Gasteiger partial charge in [-0.2, -0.15) is 0 Å². The fourth-order valence-corrected chi connectivity index (χ4v) is 3.91. The van der Waals surface area contributed by atoms with Crippen LogP contribution in [-0.2, 0) is 9.84 Å². The molecule has 4 nitrogen and oxygen atoms in total. The molecule has 84 valence electrons. The number of rotatable bonds is 4. The van der Waals surface area contributed by atoms with Crippen molar-refractivity contribution in [2.45, 2.75) is 38.3 Å². The lowest BCUT2D eigenvalue weighted by Crippen LogP contribution is -2.55. The molecule has 14 heavy (non-hydrogen) atoms. The van der Waals surface area contributed by atoms with E-state index in [2.05, 4.69) is 19.2 Å². The van der Waals surface area contributed by atoms with E-state index in [4.69, 9.17) is 5.73 Å². The topological polar surface area (TPSA) is 72.2 Å². The second-order valence-corrected chi connectivity index (χ2v) is 6.46. The van der Waals surface area contributed by atoms with Gasteiger partial charge in [-0.25, -0.2) is 8.42 Å².